The Morgan fingerprint density at radius 3 is 2.58 bits per heavy atom. The van der Waals surface area contributed by atoms with Gasteiger partial charge in [-0.1, -0.05) is 48.5 Å². The van der Waals surface area contributed by atoms with Crippen LogP contribution in [0.25, 0.3) is 0 Å². The lowest BCUT2D eigenvalue weighted by molar-refractivity contribution is -0.116. The molecule has 0 saturated carbocycles. The van der Waals surface area contributed by atoms with Crippen LogP contribution in [0, 0.1) is 0 Å². The molecule has 1 atom stereocenters. The number of carbonyl (C=O) groups excluding carboxylic acids is 1. The number of hydrogen-bond donors (Lipinski definition) is 2. The molecule has 2 aromatic rings. The van der Waals surface area contributed by atoms with Crippen molar-refractivity contribution in [3.63, 3.8) is 0 Å². The smallest absolute Gasteiger partial charge is 0.225 e. The first kappa shape index (κ1) is 20.2. The summed E-state index contributed by atoms with van der Waals surface area (Å²) < 4.78 is 0. The maximum Gasteiger partial charge on any atom is 0.225 e. The fraction of sp³-hybridized carbons (Fsp3) is 0.300. The zero-order valence-electron chi connectivity index (χ0n) is 15.1. The zero-order valence-corrected chi connectivity index (χ0v) is 17.4. The highest BCUT2D eigenvalue weighted by atomic mass is 127. The Labute approximate surface area is 171 Å². The normalized spacial score (nSPS) is 16.2. The average Bonchev–Trinajstić information content (AvgIpc) is 2.62. The van der Waals surface area contributed by atoms with Crippen LogP contribution < -0.4 is 10.6 Å². The maximum absolute atomic E-state index is 11.9. The minimum absolute atomic E-state index is 0. The van der Waals surface area contributed by atoms with E-state index >= 15 is 0 Å². The Kier molecular flexibility index (Phi) is 7.44. The molecule has 2 N–H and O–H groups in total. The van der Waals surface area contributed by atoms with E-state index in [4.69, 9.17) is 0 Å². The molecule has 1 aliphatic heterocycles. The predicted octanol–water partition coefficient (Wildman–Crippen LogP) is 3.44. The van der Waals surface area contributed by atoms with E-state index in [0.717, 1.165) is 11.6 Å². The summed E-state index contributed by atoms with van der Waals surface area (Å²) in [7, 11) is 3.94. The maximum atomic E-state index is 11.9. The minimum atomic E-state index is 0. The van der Waals surface area contributed by atoms with Crippen molar-refractivity contribution in [2.45, 2.75) is 18.9 Å². The first-order chi connectivity index (χ1) is 12.1. The lowest BCUT2D eigenvalue weighted by Gasteiger charge is -2.27. The molecule has 1 heterocycles. The second-order valence-corrected chi connectivity index (χ2v) is 6.44. The summed E-state index contributed by atoms with van der Waals surface area (Å²) in [6.45, 7) is 1.30. The standard InChI is InChI=1S/C20H24N4O.HI/c1-24(2)20(21-13-15-8-4-3-5-9-15)22-14-16-12-19(25)23-18-11-7-6-10-17(16)18;/h3-11,16H,12-14H2,1-2H3,(H,21,22)(H,23,25);1H. The first-order valence-electron chi connectivity index (χ1n) is 8.52. The molecule has 26 heavy (non-hydrogen) atoms. The number of rotatable bonds is 4. The van der Waals surface area contributed by atoms with E-state index in [1.54, 1.807) is 0 Å². The van der Waals surface area contributed by atoms with Gasteiger partial charge in [-0.3, -0.25) is 4.79 Å². The SMILES string of the molecule is CN(C)C(=NCc1ccccc1)NCC1CC(=O)Nc2ccccc21.I. The van der Waals surface area contributed by atoms with E-state index in [1.165, 1.54) is 11.1 Å². The van der Waals surface area contributed by atoms with Crippen LogP contribution >= 0.6 is 24.0 Å². The van der Waals surface area contributed by atoms with E-state index in [9.17, 15) is 4.79 Å². The van der Waals surface area contributed by atoms with E-state index in [0.29, 0.717) is 19.5 Å². The fourth-order valence-electron chi connectivity index (χ4n) is 3.00. The van der Waals surface area contributed by atoms with Crippen molar-refractivity contribution in [2.24, 2.45) is 4.99 Å². The third-order valence-corrected chi connectivity index (χ3v) is 4.29. The monoisotopic (exact) mass is 464 g/mol. The number of halogens is 1. The number of carbonyl (C=O) groups is 1. The van der Waals surface area contributed by atoms with Gasteiger partial charge in [0.25, 0.3) is 0 Å². The molecule has 0 aromatic heterocycles. The predicted molar refractivity (Wildman–Crippen MR) is 117 cm³/mol. The number of anilines is 1. The summed E-state index contributed by atoms with van der Waals surface area (Å²) in [6, 6.07) is 18.2. The molecule has 2 aromatic carbocycles. The quantitative estimate of drug-likeness (QED) is 0.414. The molecule has 6 heteroatoms. The highest BCUT2D eigenvalue weighted by molar-refractivity contribution is 14.0. The van der Waals surface area contributed by atoms with Gasteiger partial charge in [0, 0.05) is 38.7 Å². The van der Waals surface area contributed by atoms with Crippen molar-refractivity contribution >= 4 is 41.5 Å². The molecule has 1 unspecified atom stereocenters. The molecule has 1 aliphatic rings. The van der Waals surface area contributed by atoms with Crippen molar-refractivity contribution in [1.82, 2.24) is 10.2 Å². The molecule has 0 fully saturated rings. The van der Waals surface area contributed by atoms with Crippen LogP contribution in [0.3, 0.4) is 0 Å². The number of amides is 1. The van der Waals surface area contributed by atoms with Crippen LogP contribution in [0.4, 0.5) is 5.69 Å². The zero-order chi connectivity index (χ0) is 17.6. The third-order valence-electron chi connectivity index (χ3n) is 4.29. The van der Waals surface area contributed by atoms with Gasteiger partial charge in [0.05, 0.1) is 6.54 Å². The van der Waals surface area contributed by atoms with E-state index < -0.39 is 0 Å². The Bertz CT molecular complexity index is 761. The summed E-state index contributed by atoms with van der Waals surface area (Å²) in [5.74, 6) is 1.04. The van der Waals surface area contributed by atoms with E-state index in [2.05, 4.69) is 33.8 Å². The molecule has 3 rings (SSSR count). The summed E-state index contributed by atoms with van der Waals surface area (Å²) >= 11 is 0. The Morgan fingerprint density at radius 1 is 1.15 bits per heavy atom. The highest BCUT2D eigenvalue weighted by Gasteiger charge is 2.24. The Balaban J connectivity index is 0.00000243. The number of para-hydroxylation sites is 1. The average molecular weight is 464 g/mol. The van der Waals surface area contributed by atoms with Gasteiger partial charge >= 0.3 is 0 Å². The molecule has 138 valence electrons. The van der Waals surface area contributed by atoms with Crippen molar-refractivity contribution in [2.75, 3.05) is 26.0 Å². The first-order valence-corrected chi connectivity index (χ1v) is 8.52. The van der Waals surface area contributed by atoms with Gasteiger partial charge in [-0.25, -0.2) is 4.99 Å². The minimum Gasteiger partial charge on any atom is -0.356 e. The molecule has 1 amide bonds. The number of hydrogen-bond acceptors (Lipinski definition) is 2. The molecular weight excluding hydrogens is 439 g/mol. The number of nitrogens with one attached hydrogen (secondary N) is 2. The summed E-state index contributed by atoms with van der Waals surface area (Å²) in [6.07, 6.45) is 0.489. The third kappa shape index (κ3) is 5.20. The molecule has 5 nitrogen and oxygen atoms in total. The van der Waals surface area contributed by atoms with E-state index in [-0.39, 0.29) is 35.8 Å². The van der Waals surface area contributed by atoms with Crippen molar-refractivity contribution in [1.29, 1.82) is 0 Å². The molecule has 0 saturated heterocycles. The second-order valence-electron chi connectivity index (χ2n) is 6.44. The van der Waals surface area contributed by atoms with Gasteiger partial charge in [-0.2, -0.15) is 0 Å². The molecule has 0 radical (unpaired) electrons. The van der Waals surface area contributed by atoms with Gasteiger partial charge in [0.1, 0.15) is 0 Å². The van der Waals surface area contributed by atoms with Gasteiger partial charge in [-0.05, 0) is 17.2 Å². The second kappa shape index (κ2) is 9.56. The summed E-state index contributed by atoms with van der Waals surface area (Å²) in [5, 5.41) is 6.36. The Morgan fingerprint density at radius 2 is 1.85 bits per heavy atom. The lowest BCUT2D eigenvalue weighted by Crippen LogP contribution is -2.40. The van der Waals surface area contributed by atoms with Gasteiger partial charge in [0.15, 0.2) is 5.96 Å². The molecule has 0 bridgehead atoms. The summed E-state index contributed by atoms with van der Waals surface area (Å²) in [4.78, 5) is 18.6. The van der Waals surface area contributed by atoms with Gasteiger partial charge < -0.3 is 15.5 Å². The van der Waals surface area contributed by atoms with E-state index in [1.807, 2.05) is 55.4 Å². The molecular formula is C20H25IN4O. The largest absolute Gasteiger partial charge is 0.356 e. The Hall–Kier alpha value is -2.09. The van der Waals surface area contributed by atoms with Crippen molar-refractivity contribution in [3.8, 4) is 0 Å². The number of guanidine groups is 1. The fourth-order valence-corrected chi connectivity index (χ4v) is 3.00. The van der Waals surface area contributed by atoms with Crippen molar-refractivity contribution in [3.05, 3.63) is 65.7 Å². The number of fused-ring (bicyclic) bond motifs is 1. The molecule has 0 aliphatic carbocycles. The van der Waals surface area contributed by atoms with Crippen LogP contribution in [0.2, 0.25) is 0 Å². The lowest BCUT2D eigenvalue weighted by atomic mass is 9.90. The number of nitrogens with zero attached hydrogens (tertiary/aromatic N) is 2. The van der Waals surface area contributed by atoms with Crippen molar-refractivity contribution < 1.29 is 4.79 Å². The van der Waals surface area contributed by atoms with Crippen LogP contribution in [-0.4, -0.2) is 37.4 Å². The van der Waals surface area contributed by atoms with Crippen LogP contribution in [-0.2, 0) is 11.3 Å². The highest BCUT2D eigenvalue weighted by Crippen LogP contribution is 2.31. The molecule has 0 spiro atoms. The van der Waals surface area contributed by atoms with Crippen LogP contribution in [0.5, 0.6) is 0 Å². The summed E-state index contributed by atoms with van der Waals surface area (Å²) in [5.41, 5.74) is 3.26. The van der Waals surface area contributed by atoms with Crippen LogP contribution in [0.15, 0.2) is 59.6 Å². The van der Waals surface area contributed by atoms with Gasteiger partial charge in [0.2, 0.25) is 5.91 Å². The number of benzene rings is 2. The topological polar surface area (TPSA) is 56.7 Å². The van der Waals surface area contributed by atoms with Gasteiger partial charge in [-0.15, -0.1) is 24.0 Å². The van der Waals surface area contributed by atoms with Crippen LogP contribution in [0.1, 0.15) is 23.5 Å². The number of aliphatic imine (C=N–C) groups is 1.